The summed E-state index contributed by atoms with van der Waals surface area (Å²) in [6, 6.07) is 5.05. The molecule has 2 fully saturated rings. The van der Waals surface area contributed by atoms with Crippen LogP contribution in [-0.2, 0) is 0 Å². The lowest BCUT2D eigenvalue weighted by Gasteiger charge is -2.24. The van der Waals surface area contributed by atoms with E-state index in [0.717, 1.165) is 11.8 Å². The SMILES string of the molecule is CC(c1cccs1)N1CC2CNCC2C1. The van der Waals surface area contributed by atoms with E-state index in [2.05, 4.69) is 34.7 Å². The van der Waals surface area contributed by atoms with Crippen LogP contribution in [0.5, 0.6) is 0 Å². The molecule has 0 saturated carbocycles. The van der Waals surface area contributed by atoms with Crippen LogP contribution in [0.3, 0.4) is 0 Å². The van der Waals surface area contributed by atoms with E-state index in [-0.39, 0.29) is 0 Å². The highest BCUT2D eigenvalue weighted by atomic mass is 32.1. The predicted octanol–water partition coefficient (Wildman–Crippen LogP) is 1.96. The van der Waals surface area contributed by atoms with Crippen LogP contribution in [0.4, 0.5) is 0 Å². The number of nitrogens with zero attached hydrogens (tertiary/aromatic N) is 1. The van der Waals surface area contributed by atoms with Crippen molar-refractivity contribution in [1.29, 1.82) is 0 Å². The van der Waals surface area contributed by atoms with Gasteiger partial charge in [-0.1, -0.05) is 6.07 Å². The molecular formula is C12H18N2S. The Morgan fingerprint density at radius 2 is 2.13 bits per heavy atom. The number of hydrogen-bond donors (Lipinski definition) is 1. The zero-order chi connectivity index (χ0) is 10.3. The Bertz CT molecular complexity index is 310. The van der Waals surface area contributed by atoms with Crippen LogP contribution in [-0.4, -0.2) is 31.1 Å². The van der Waals surface area contributed by atoms with Gasteiger partial charge in [0.15, 0.2) is 0 Å². The number of nitrogens with one attached hydrogen (secondary N) is 1. The first-order valence-electron chi connectivity index (χ1n) is 5.83. The maximum atomic E-state index is 3.49. The molecule has 3 atom stereocenters. The third-order valence-corrected chi connectivity index (χ3v) is 4.96. The van der Waals surface area contributed by atoms with Gasteiger partial charge >= 0.3 is 0 Å². The molecule has 0 spiro atoms. The highest BCUT2D eigenvalue weighted by Gasteiger charge is 2.37. The molecule has 0 radical (unpaired) electrons. The van der Waals surface area contributed by atoms with Crippen LogP contribution in [0.2, 0.25) is 0 Å². The summed E-state index contributed by atoms with van der Waals surface area (Å²) in [6.45, 7) is 7.39. The van der Waals surface area contributed by atoms with E-state index in [9.17, 15) is 0 Å². The van der Waals surface area contributed by atoms with E-state index in [0.29, 0.717) is 6.04 Å². The molecule has 1 aromatic rings. The summed E-state index contributed by atoms with van der Waals surface area (Å²) in [5, 5.41) is 5.68. The molecule has 3 heteroatoms. The first-order chi connectivity index (χ1) is 7.34. The summed E-state index contributed by atoms with van der Waals surface area (Å²) in [6.07, 6.45) is 0. The third kappa shape index (κ3) is 1.73. The van der Waals surface area contributed by atoms with Crippen LogP contribution >= 0.6 is 11.3 Å². The number of rotatable bonds is 2. The number of likely N-dealkylation sites (tertiary alicyclic amines) is 1. The lowest BCUT2D eigenvalue weighted by Crippen LogP contribution is -2.28. The molecule has 0 amide bonds. The van der Waals surface area contributed by atoms with Gasteiger partial charge in [-0.3, -0.25) is 4.90 Å². The van der Waals surface area contributed by atoms with Crippen molar-refractivity contribution in [1.82, 2.24) is 10.2 Å². The summed E-state index contributed by atoms with van der Waals surface area (Å²) in [5.41, 5.74) is 0. The Labute approximate surface area is 95.3 Å². The summed E-state index contributed by atoms with van der Waals surface area (Å²) >= 11 is 1.89. The normalized spacial score (nSPS) is 33.1. The van der Waals surface area contributed by atoms with Crippen LogP contribution in [0.1, 0.15) is 17.8 Å². The smallest absolute Gasteiger partial charge is 0.0413 e. The van der Waals surface area contributed by atoms with E-state index in [1.807, 2.05) is 11.3 Å². The van der Waals surface area contributed by atoms with Gasteiger partial charge in [-0.05, 0) is 43.3 Å². The minimum Gasteiger partial charge on any atom is -0.316 e. The third-order valence-electron chi connectivity index (χ3n) is 3.92. The molecule has 82 valence electrons. The van der Waals surface area contributed by atoms with Crippen molar-refractivity contribution >= 4 is 11.3 Å². The quantitative estimate of drug-likeness (QED) is 0.823. The van der Waals surface area contributed by atoms with Crippen molar-refractivity contribution in [3.05, 3.63) is 22.4 Å². The van der Waals surface area contributed by atoms with Crippen molar-refractivity contribution in [2.24, 2.45) is 11.8 Å². The first-order valence-corrected chi connectivity index (χ1v) is 6.70. The average Bonchev–Trinajstić information content (AvgIpc) is 2.92. The average molecular weight is 222 g/mol. The molecule has 2 saturated heterocycles. The van der Waals surface area contributed by atoms with Crippen LogP contribution in [0.15, 0.2) is 17.5 Å². The van der Waals surface area contributed by atoms with Crippen molar-refractivity contribution < 1.29 is 0 Å². The number of fused-ring (bicyclic) bond motifs is 1. The predicted molar refractivity (Wildman–Crippen MR) is 64.2 cm³/mol. The van der Waals surface area contributed by atoms with Gasteiger partial charge in [0.05, 0.1) is 0 Å². The zero-order valence-corrected chi connectivity index (χ0v) is 9.96. The molecule has 1 N–H and O–H groups in total. The second-order valence-electron chi connectivity index (χ2n) is 4.82. The van der Waals surface area contributed by atoms with E-state index in [4.69, 9.17) is 0 Å². The van der Waals surface area contributed by atoms with Gasteiger partial charge in [0.25, 0.3) is 0 Å². The van der Waals surface area contributed by atoms with Gasteiger partial charge in [-0.15, -0.1) is 11.3 Å². The van der Waals surface area contributed by atoms with Crippen LogP contribution < -0.4 is 5.32 Å². The monoisotopic (exact) mass is 222 g/mol. The molecule has 3 unspecified atom stereocenters. The fourth-order valence-corrected chi connectivity index (χ4v) is 3.73. The molecular weight excluding hydrogens is 204 g/mol. The summed E-state index contributed by atoms with van der Waals surface area (Å²) in [5.74, 6) is 1.82. The Kier molecular flexibility index (Phi) is 2.54. The lowest BCUT2D eigenvalue weighted by molar-refractivity contribution is 0.247. The molecule has 2 aliphatic rings. The van der Waals surface area contributed by atoms with Gasteiger partial charge in [0, 0.05) is 24.0 Å². The fourth-order valence-electron chi connectivity index (χ4n) is 2.92. The van der Waals surface area contributed by atoms with Gasteiger partial charge < -0.3 is 5.32 Å². The van der Waals surface area contributed by atoms with E-state index in [1.165, 1.54) is 31.1 Å². The molecule has 0 aliphatic carbocycles. The topological polar surface area (TPSA) is 15.3 Å². The standard InChI is InChI=1S/C12H18N2S/c1-9(12-3-2-4-15-12)14-7-10-5-13-6-11(10)8-14/h2-4,9-11,13H,5-8H2,1H3. The summed E-state index contributed by atoms with van der Waals surface area (Å²) in [7, 11) is 0. The second-order valence-corrected chi connectivity index (χ2v) is 5.80. The maximum absolute atomic E-state index is 3.49. The molecule has 2 nitrogen and oxygen atoms in total. The fraction of sp³-hybridized carbons (Fsp3) is 0.667. The number of thiophene rings is 1. The van der Waals surface area contributed by atoms with Crippen LogP contribution in [0.25, 0.3) is 0 Å². The van der Waals surface area contributed by atoms with Crippen molar-refractivity contribution in [2.75, 3.05) is 26.2 Å². The highest BCUT2D eigenvalue weighted by Crippen LogP contribution is 2.33. The highest BCUT2D eigenvalue weighted by molar-refractivity contribution is 7.10. The van der Waals surface area contributed by atoms with E-state index in [1.54, 1.807) is 0 Å². The summed E-state index contributed by atoms with van der Waals surface area (Å²) in [4.78, 5) is 4.17. The zero-order valence-electron chi connectivity index (χ0n) is 9.15. The van der Waals surface area contributed by atoms with Crippen molar-refractivity contribution in [3.8, 4) is 0 Å². The minimum atomic E-state index is 0.621. The molecule has 3 heterocycles. The Morgan fingerprint density at radius 1 is 1.40 bits per heavy atom. The molecule has 2 aliphatic heterocycles. The Balaban J connectivity index is 1.69. The Morgan fingerprint density at radius 3 is 2.73 bits per heavy atom. The van der Waals surface area contributed by atoms with E-state index < -0.39 is 0 Å². The lowest BCUT2D eigenvalue weighted by atomic mass is 10.0. The van der Waals surface area contributed by atoms with Gasteiger partial charge in [-0.2, -0.15) is 0 Å². The summed E-state index contributed by atoms with van der Waals surface area (Å²) < 4.78 is 0. The van der Waals surface area contributed by atoms with Crippen molar-refractivity contribution in [3.63, 3.8) is 0 Å². The van der Waals surface area contributed by atoms with Crippen LogP contribution in [0, 0.1) is 11.8 Å². The molecule has 15 heavy (non-hydrogen) atoms. The van der Waals surface area contributed by atoms with Crippen molar-refractivity contribution in [2.45, 2.75) is 13.0 Å². The largest absolute Gasteiger partial charge is 0.316 e. The minimum absolute atomic E-state index is 0.621. The second kappa shape index (κ2) is 3.89. The first kappa shape index (κ1) is 9.82. The maximum Gasteiger partial charge on any atom is 0.0413 e. The molecule has 0 aromatic carbocycles. The Hall–Kier alpha value is -0.380. The number of hydrogen-bond acceptors (Lipinski definition) is 3. The van der Waals surface area contributed by atoms with Gasteiger partial charge in [0.1, 0.15) is 0 Å². The van der Waals surface area contributed by atoms with Gasteiger partial charge in [0.2, 0.25) is 0 Å². The van der Waals surface area contributed by atoms with Gasteiger partial charge in [-0.25, -0.2) is 0 Å². The molecule has 0 bridgehead atoms. The molecule has 1 aromatic heterocycles. The molecule has 3 rings (SSSR count). The van der Waals surface area contributed by atoms with E-state index >= 15 is 0 Å².